The van der Waals surface area contributed by atoms with Crippen molar-refractivity contribution in [1.29, 1.82) is 0 Å². The Bertz CT molecular complexity index is 2390. The number of benzene rings is 1. The summed E-state index contributed by atoms with van der Waals surface area (Å²) < 4.78 is 24.0. The summed E-state index contributed by atoms with van der Waals surface area (Å²) in [6, 6.07) is 0. The van der Waals surface area contributed by atoms with Gasteiger partial charge >= 0.3 is 11.8 Å². The van der Waals surface area contributed by atoms with Gasteiger partial charge in [-0.2, -0.15) is 5.10 Å². The molecule has 17 nitrogen and oxygen atoms in total. The predicted octanol–water partition coefficient (Wildman–Crippen LogP) is 3.89. The van der Waals surface area contributed by atoms with Gasteiger partial charge in [-0.25, -0.2) is 0 Å². The summed E-state index contributed by atoms with van der Waals surface area (Å²) in [4.78, 5) is 65.1. The molecule has 0 spiro atoms. The maximum Gasteiger partial charge on any atom is 0.312 e. The number of hydrogen-bond donors (Lipinski definition) is 4. The van der Waals surface area contributed by atoms with Crippen LogP contribution in [0.1, 0.15) is 80.3 Å². The highest BCUT2D eigenvalue weighted by atomic mass is 16.7. The van der Waals surface area contributed by atoms with Crippen molar-refractivity contribution in [3.05, 3.63) is 93.7 Å². The Morgan fingerprint density at radius 3 is 2.38 bits per heavy atom. The van der Waals surface area contributed by atoms with E-state index >= 15 is 0 Å². The van der Waals surface area contributed by atoms with Gasteiger partial charge in [0, 0.05) is 93.7 Å². The molecule has 1 unspecified atom stereocenters. The van der Waals surface area contributed by atoms with Crippen LogP contribution in [-0.2, 0) is 23.8 Å². The lowest BCUT2D eigenvalue weighted by Crippen LogP contribution is -2.46. The number of ether oxygens (including phenoxy) is 4. The van der Waals surface area contributed by atoms with Gasteiger partial charge in [0.05, 0.1) is 53.3 Å². The zero-order valence-electron chi connectivity index (χ0n) is 38.6. The Morgan fingerprint density at radius 1 is 1.00 bits per heavy atom. The minimum Gasteiger partial charge on any atom is -0.507 e. The van der Waals surface area contributed by atoms with Crippen molar-refractivity contribution in [2.45, 2.75) is 91.8 Å². The number of hydrogen-bond acceptors (Lipinski definition) is 16. The molecule has 7 rings (SSSR count). The van der Waals surface area contributed by atoms with Gasteiger partial charge in [0.1, 0.15) is 29.5 Å². The summed E-state index contributed by atoms with van der Waals surface area (Å²) in [5, 5.41) is 44.3. The number of fused-ring (bicyclic) bond motifs is 5. The number of rotatable bonds is 4. The second-order valence-electron chi connectivity index (χ2n) is 18.0. The first kappa shape index (κ1) is 47.1. The van der Waals surface area contributed by atoms with Gasteiger partial charge in [0.2, 0.25) is 5.78 Å². The number of likely N-dealkylation sites (N-methyl/N-ethyl adjacent to an activating group) is 1. The molecule has 1 aliphatic carbocycles. The van der Waals surface area contributed by atoms with E-state index in [9.17, 15) is 34.5 Å². The molecule has 1 fully saturated rings. The summed E-state index contributed by atoms with van der Waals surface area (Å²) in [5.41, 5.74) is 1.08. The van der Waals surface area contributed by atoms with Crippen LogP contribution in [0.2, 0.25) is 0 Å². The van der Waals surface area contributed by atoms with Crippen LogP contribution < -0.4 is 10.1 Å². The van der Waals surface area contributed by atoms with Gasteiger partial charge < -0.3 is 49.4 Å². The summed E-state index contributed by atoms with van der Waals surface area (Å²) in [7, 11) is 3.52. The van der Waals surface area contributed by atoms with Crippen LogP contribution in [-0.4, -0.2) is 142 Å². The van der Waals surface area contributed by atoms with Crippen LogP contribution >= 0.6 is 0 Å². The highest BCUT2D eigenvalue weighted by Crippen LogP contribution is 2.50. The molecule has 0 saturated carbocycles. The number of piperazine rings is 1. The molecule has 10 atom stereocenters. The number of aliphatic hydroxyl groups is 2. The number of carbonyl (C=O) groups is 4. The molecule has 65 heavy (non-hydrogen) atoms. The Morgan fingerprint density at radius 2 is 1.71 bits per heavy atom. The first-order valence-corrected chi connectivity index (χ1v) is 22.0. The highest BCUT2D eigenvalue weighted by molar-refractivity contribution is 6.34. The van der Waals surface area contributed by atoms with E-state index in [0.29, 0.717) is 0 Å². The minimum absolute atomic E-state index is 0.00328. The van der Waals surface area contributed by atoms with Crippen molar-refractivity contribution in [2.75, 3.05) is 40.3 Å². The molecular formula is C48H60N6O11. The number of phenolic OH excluding ortho intramolecular Hbond substituents is 1. The van der Waals surface area contributed by atoms with E-state index in [2.05, 4.69) is 22.4 Å². The molecule has 1 aromatic rings. The predicted molar refractivity (Wildman–Crippen MR) is 241 cm³/mol. The Balaban J connectivity index is 1.35. The van der Waals surface area contributed by atoms with E-state index in [1.54, 1.807) is 64.1 Å². The number of amides is 1. The average molecular weight is 897 g/mol. The Kier molecular flexibility index (Phi) is 13.4. The molecule has 1 aromatic carbocycles. The van der Waals surface area contributed by atoms with Crippen LogP contribution in [0.4, 0.5) is 0 Å². The van der Waals surface area contributed by atoms with E-state index in [-0.39, 0.29) is 50.7 Å². The van der Waals surface area contributed by atoms with Crippen LogP contribution in [0, 0.1) is 30.6 Å². The summed E-state index contributed by atoms with van der Waals surface area (Å²) >= 11 is 0. The molecule has 5 aliphatic heterocycles. The SMILES string of the molecule is CO[C@H]1/C=C/O[C@@]2(C)Oc3c(C)c(O)c4c(c3C2=O)C2=NC3C=C(/C=N/N5CCN(C)CC5)C=CN3C2=C(NC(=O)/C(C)=C\C=C\[C@H](C)[C@H](O)[C@@H](C)[C@@H](O)[C@@H](C)[C@H](OC(C)=O)[C@@H]1C)C4=O. The monoisotopic (exact) mass is 896 g/mol. The van der Waals surface area contributed by atoms with Crippen molar-refractivity contribution in [3.63, 3.8) is 0 Å². The fourth-order valence-corrected chi connectivity index (χ4v) is 9.21. The average Bonchev–Trinajstić information content (AvgIpc) is 3.78. The van der Waals surface area contributed by atoms with Crippen molar-refractivity contribution in [1.82, 2.24) is 20.1 Å². The van der Waals surface area contributed by atoms with Crippen LogP contribution in [0.3, 0.4) is 0 Å². The molecule has 17 heteroatoms. The maximum absolute atomic E-state index is 14.9. The minimum atomic E-state index is -2.00. The lowest BCUT2D eigenvalue weighted by atomic mass is 9.78. The zero-order valence-corrected chi connectivity index (χ0v) is 38.6. The third-order valence-corrected chi connectivity index (χ3v) is 13.4. The molecule has 4 N–H and O–H groups in total. The standard InChI is InChI=1S/C48H60N6O11/c1-24-12-11-13-25(2)47(61)51-38-39-37(50-33-22-31(14-16-54(33)39)23-49-53-19-17-52(9)18-20-53)34-35(43(38)59)42(58)29(6)45-36(34)46(60)48(8,65-45)63-21-15-32(62-10)26(3)44(64-30(7)55)28(5)41(57)27(4)40(24)56/h11-16,21-24,26-28,32-33,40-41,44,56-58H,17-20H2,1-10H3,(H,51,61)/b12-11+,21-15+,25-13-,49-23+/t24-,26+,27+,28+,32-,33?,40-,41+,44+,48-/m0/s1. The molecule has 6 aliphatic rings. The van der Waals surface area contributed by atoms with E-state index < -0.39 is 89.2 Å². The second kappa shape index (κ2) is 18.5. The van der Waals surface area contributed by atoms with Crippen molar-refractivity contribution >= 4 is 35.4 Å². The van der Waals surface area contributed by atoms with Crippen LogP contribution in [0.25, 0.3) is 0 Å². The number of aromatic hydroxyl groups is 1. The quantitative estimate of drug-likeness (QED) is 0.250. The van der Waals surface area contributed by atoms with E-state index in [0.717, 1.165) is 31.8 Å². The number of hydrazone groups is 1. The second-order valence-corrected chi connectivity index (χ2v) is 18.0. The van der Waals surface area contributed by atoms with Gasteiger partial charge in [-0.05, 0) is 44.7 Å². The lowest BCUT2D eigenvalue weighted by Gasteiger charge is -2.38. The maximum atomic E-state index is 14.9. The highest BCUT2D eigenvalue weighted by Gasteiger charge is 2.54. The van der Waals surface area contributed by atoms with E-state index in [4.69, 9.17) is 23.9 Å². The first-order valence-electron chi connectivity index (χ1n) is 22.0. The van der Waals surface area contributed by atoms with Crippen molar-refractivity contribution < 1.29 is 53.4 Å². The largest absolute Gasteiger partial charge is 0.507 e. The van der Waals surface area contributed by atoms with Crippen molar-refractivity contribution in [2.24, 2.45) is 33.8 Å². The molecule has 5 bridgehead atoms. The number of phenols is 1. The fraction of sp³-hybridized carbons (Fsp3) is 0.500. The number of nitrogens with one attached hydrogen (secondary N) is 1. The number of aliphatic imine (C=N–C) groups is 1. The molecule has 5 heterocycles. The summed E-state index contributed by atoms with van der Waals surface area (Å²) in [5.74, 6) is -7.52. The molecular weight excluding hydrogens is 837 g/mol. The number of carbonyl (C=O) groups excluding carboxylic acids is 4. The number of ketones is 2. The van der Waals surface area contributed by atoms with Gasteiger partial charge in [-0.1, -0.05) is 45.9 Å². The topological polar surface area (TPSA) is 212 Å². The van der Waals surface area contributed by atoms with Crippen LogP contribution in [0.5, 0.6) is 11.5 Å². The molecule has 1 saturated heterocycles. The molecule has 0 radical (unpaired) electrons. The van der Waals surface area contributed by atoms with Gasteiger partial charge in [-0.3, -0.25) is 29.2 Å². The number of aliphatic hydroxyl groups excluding tert-OH is 2. The molecule has 0 aromatic heterocycles. The number of allylic oxidation sites excluding steroid dienone is 6. The van der Waals surface area contributed by atoms with E-state index in [1.807, 2.05) is 17.2 Å². The van der Waals surface area contributed by atoms with Gasteiger partial charge in [0.25, 0.3) is 11.7 Å². The number of esters is 1. The van der Waals surface area contributed by atoms with E-state index in [1.165, 1.54) is 46.3 Å². The number of Topliss-reactive ketones (excluding diaryl/α,β-unsaturated/α-hetero) is 2. The number of methoxy groups -OCH3 is 1. The van der Waals surface area contributed by atoms with Gasteiger partial charge in [-0.15, -0.1) is 0 Å². The third-order valence-electron chi connectivity index (χ3n) is 13.4. The van der Waals surface area contributed by atoms with Crippen LogP contribution in [0.15, 0.2) is 81.6 Å². The summed E-state index contributed by atoms with van der Waals surface area (Å²) in [6.45, 7) is 16.1. The zero-order chi connectivity index (χ0) is 47.2. The summed E-state index contributed by atoms with van der Waals surface area (Å²) in [6.07, 6.45) is 10.2. The van der Waals surface area contributed by atoms with Crippen molar-refractivity contribution in [3.8, 4) is 11.5 Å². The first-order chi connectivity index (χ1) is 30.8. The molecule has 348 valence electrons. The lowest BCUT2D eigenvalue weighted by molar-refractivity contribution is -0.160. The normalized spacial score (nSPS) is 33.9. The van der Waals surface area contributed by atoms with Gasteiger partial charge in [0.15, 0.2) is 0 Å². The third kappa shape index (κ3) is 8.81. The fourth-order valence-electron chi connectivity index (χ4n) is 9.21. The molecule has 1 amide bonds. The Hall–Kier alpha value is -5.88. The smallest absolute Gasteiger partial charge is 0.312 e. The Labute approximate surface area is 379 Å². The number of nitrogens with zero attached hydrogens (tertiary/aromatic N) is 5.